The summed E-state index contributed by atoms with van der Waals surface area (Å²) in [6.07, 6.45) is 1.95. The van der Waals surface area contributed by atoms with Crippen LogP contribution in [0.5, 0.6) is 0 Å². The summed E-state index contributed by atoms with van der Waals surface area (Å²) in [4.78, 5) is -0.998. The molecule has 0 aliphatic rings. The predicted molar refractivity (Wildman–Crippen MR) is 63.3 cm³/mol. The Morgan fingerprint density at radius 3 is 2.25 bits per heavy atom. The van der Waals surface area contributed by atoms with Gasteiger partial charge in [-0.25, -0.2) is 0 Å². The topological polar surface area (TPSA) is 0 Å². The fraction of sp³-hybridized carbons (Fsp3) is 0.143. The van der Waals surface area contributed by atoms with E-state index in [9.17, 15) is 0 Å². The normalized spacial score (nSPS) is 11.6. The van der Waals surface area contributed by atoms with Gasteiger partial charge in [0.15, 0.2) is 0 Å². The van der Waals surface area contributed by atoms with Crippen LogP contribution in [0, 0.1) is 0 Å². The molecule has 0 saturated heterocycles. The Morgan fingerprint density at radius 1 is 1.17 bits per heavy atom. The highest BCUT2D eigenvalue weighted by Crippen LogP contribution is 2.42. The molecular formula is C7H8Cl2S2Si. The third kappa shape index (κ3) is 3.62. The van der Waals surface area contributed by atoms with Crippen LogP contribution in [0.15, 0.2) is 35.2 Å². The van der Waals surface area contributed by atoms with Crippen molar-refractivity contribution < 1.29 is 0 Å². The molecule has 5 heteroatoms. The first kappa shape index (κ1) is 10.8. The third-order valence-electron chi connectivity index (χ3n) is 1.22. The first-order valence-electron chi connectivity index (χ1n) is 3.31. The Labute approximate surface area is 90.7 Å². The molecule has 1 rings (SSSR count). The fourth-order valence-electron chi connectivity index (χ4n) is 0.667. The fourth-order valence-corrected chi connectivity index (χ4v) is 6.02. The zero-order valence-electron chi connectivity index (χ0n) is 6.46. The van der Waals surface area contributed by atoms with Gasteiger partial charge in [0.05, 0.1) is 0 Å². The average molecular weight is 255 g/mol. The predicted octanol–water partition coefficient (Wildman–Crippen LogP) is 4.05. The van der Waals surface area contributed by atoms with Crippen LogP contribution in [0.4, 0.5) is 0 Å². The molecule has 0 N–H and O–H groups in total. The van der Waals surface area contributed by atoms with Gasteiger partial charge in [0.2, 0.25) is 0 Å². The van der Waals surface area contributed by atoms with E-state index in [-0.39, 0.29) is 0 Å². The first-order chi connectivity index (χ1) is 5.64. The Bertz CT molecular complexity index is 240. The molecule has 0 fully saturated rings. The van der Waals surface area contributed by atoms with Crippen molar-refractivity contribution in [3.63, 3.8) is 0 Å². The van der Waals surface area contributed by atoms with Crippen LogP contribution in [0.3, 0.4) is 0 Å². The Kier molecular flexibility index (Phi) is 4.33. The van der Waals surface area contributed by atoms with Crippen molar-refractivity contribution in [2.24, 2.45) is 0 Å². The molecule has 12 heavy (non-hydrogen) atoms. The molecule has 0 unspecified atom stereocenters. The van der Waals surface area contributed by atoms with E-state index < -0.39 is 4.99 Å². The number of halogens is 2. The molecule has 0 saturated carbocycles. The van der Waals surface area contributed by atoms with Crippen LogP contribution >= 0.6 is 44.6 Å². The summed E-state index contributed by atoms with van der Waals surface area (Å²) in [7, 11) is 0. The van der Waals surface area contributed by atoms with E-state index >= 15 is 0 Å². The van der Waals surface area contributed by atoms with Gasteiger partial charge in [0, 0.05) is 4.90 Å². The van der Waals surface area contributed by atoms with Crippen LogP contribution in [0.25, 0.3) is 0 Å². The van der Waals surface area contributed by atoms with E-state index in [0.29, 0.717) is 0 Å². The number of rotatable bonds is 3. The maximum atomic E-state index is 6.09. The van der Waals surface area contributed by atoms with E-state index in [1.807, 2.05) is 36.6 Å². The molecule has 0 nitrogen and oxygen atoms in total. The van der Waals surface area contributed by atoms with Crippen molar-refractivity contribution in [3.8, 4) is 0 Å². The highest BCUT2D eigenvalue weighted by atomic mass is 35.7. The molecule has 0 spiro atoms. The van der Waals surface area contributed by atoms with Crippen molar-refractivity contribution >= 4 is 49.6 Å². The lowest BCUT2D eigenvalue weighted by Crippen LogP contribution is -2.06. The molecule has 0 aliphatic heterocycles. The van der Waals surface area contributed by atoms with Gasteiger partial charge >= 0.3 is 4.99 Å². The Balaban J connectivity index is 2.64. The maximum Gasteiger partial charge on any atom is 0.374 e. The van der Waals surface area contributed by atoms with E-state index in [1.165, 1.54) is 0 Å². The number of benzene rings is 1. The van der Waals surface area contributed by atoms with Crippen LogP contribution in [-0.4, -0.2) is 11.2 Å². The van der Waals surface area contributed by atoms with Crippen molar-refractivity contribution in [2.75, 3.05) is 6.26 Å². The first-order valence-corrected chi connectivity index (χ1v) is 10.8. The molecule has 0 aromatic heterocycles. The monoisotopic (exact) mass is 254 g/mol. The van der Waals surface area contributed by atoms with Crippen molar-refractivity contribution in [1.82, 2.24) is 0 Å². The van der Waals surface area contributed by atoms with Crippen molar-refractivity contribution in [1.29, 1.82) is 0 Å². The van der Waals surface area contributed by atoms with Crippen molar-refractivity contribution in [2.45, 2.75) is 4.90 Å². The highest BCUT2D eigenvalue weighted by molar-refractivity contribution is 8.67. The van der Waals surface area contributed by atoms with Gasteiger partial charge in [-0.05, 0) is 18.4 Å². The molecule has 0 amide bonds. The average Bonchev–Trinajstić information content (AvgIpc) is 2.06. The minimum absolute atomic E-state index is 1.14. The van der Waals surface area contributed by atoms with Gasteiger partial charge in [0.25, 0.3) is 0 Å². The summed E-state index contributed by atoms with van der Waals surface area (Å²) in [6, 6.07) is 10.00. The zero-order chi connectivity index (χ0) is 9.03. The summed E-state index contributed by atoms with van der Waals surface area (Å²) in [5.41, 5.74) is 0. The molecule has 1 aromatic carbocycles. The number of hydrogen-bond acceptors (Lipinski definition) is 2. The quantitative estimate of drug-likeness (QED) is 0.590. The lowest BCUT2D eigenvalue weighted by molar-refractivity contribution is 1.48. The number of hydrogen-bond donors (Lipinski definition) is 0. The minimum Gasteiger partial charge on any atom is -0.146 e. The van der Waals surface area contributed by atoms with Gasteiger partial charge < -0.3 is 0 Å². The van der Waals surface area contributed by atoms with Crippen LogP contribution in [0.1, 0.15) is 0 Å². The minimum atomic E-state index is -2.14. The van der Waals surface area contributed by atoms with E-state index in [0.717, 1.165) is 4.90 Å². The SMILES string of the molecule is CS[Si](Cl)(Cl)Sc1ccccc1. The molecule has 0 aliphatic carbocycles. The van der Waals surface area contributed by atoms with Crippen molar-refractivity contribution in [3.05, 3.63) is 30.3 Å². The lowest BCUT2D eigenvalue weighted by atomic mass is 10.4. The standard InChI is InChI=1S/C7H8Cl2S2Si/c1-10-12(8,9)11-7-5-3-2-4-6-7/h2-6H,1H3. The molecule has 0 radical (unpaired) electrons. The smallest absolute Gasteiger partial charge is 0.146 e. The second kappa shape index (κ2) is 4.82. The lowest BCUT2D eigenvalue weighted by Gasteiger charge is -2.11. The Morgan fingerprint density at radius 2 is 1.75 bits per heavy atom. The summed E-state index contributed by atoms with van der Waals surface area (Å²) in [6.45, 7) is 0. The van der Waals surface area contributed by atoms with E-state index in [2.05, 4.69) is 0 Å². The largest absolute Gasteiger partial charge is 0.374 e. The van der Waals surface area contributed by atoms with Gasteiger partial charge in [-0.3, -0.25) is 0 Å². The Hall–Kier alpha value is 0.717. The van der Waals surface area contributed by atoms with E-state index in [4.69, 9.17) is 22.2 Å². The second-order valence-electron chi connectivity index (χ2n) is 2.08. The van der Waals surface area contributed by atoms with Crippen LogP contribution in [0.2, 0.25) is 0 Å². The van der Waals surface area contributed by atoms with Crippen LogP contribution < -0.4 is 0 Å². The molecular weight excluding hydrogens is 247 g/mol. The molecule has 66 valence electrons. The molecule has 1 aromatic rings. The van der Waals surface area contributed by atoms with Gasteiger partial charge in [0.1, 0.15) is 0 Å². The summed E-state index contributed by atoms with van der Waals surface area (Å²) in [5.74, 6) is 0. The van der Waals surface area contributed by atoms with Gasteiger partial charge in [-0.1, -0.05) is 18.2 Å². The van der Waals surface area contributed by atoms with Crippen LogP contribution in [-0.2, 0) is 0 Å². The maximum absolute atomic E-state index is 6.09. The summed E-state index contributed by atoms with van der Waals surface area (Å²) in [5, 5.41) is 0. The zero-order valence-corrected chi connectivity index (χ0v) is 10.6. The third-order valence-corrected chi connectivity index (χ3v) is 11.7. The summed E-state index contributed by atoms with van der Waals surface area (Å²) >= 11 is 15.3. The molecule has 0 heterocycles. The van der Waals surface area contributed by atoms with Gasteiger partial charge in [-0.15, -0.1) is 44.6 Å². The second-order valence-corrected chi connectivity index (χ2v) is 17.1. The summed E-state index contributed by atoms with van der Waals surface area (Å²) < 4.78 is 0. The molecule has 0 atom stereocenters. The molecule has 0 bridgehead atoms. The van der Waals surface area contributed by atoms with E-state index in [1.54, 1.807) is 22.4 Å². The highest BCUT2D eigenvalue weighted by Gasteiger charge is 2.28. The van der Waals surface area contributed by atoms with Gasteiger partial charge in [-0.2, -0.15) is 0 Å².